The van der Waals surface area contributed by atoms with Crippen molar-refractivity contribution in [2.45, 2.75) is 26.8 Å². The Bertz CT molecular complexity index is 336. The molecule has 0 aromatic carbocycles. The molecule has 0 bridgehead atoms. The van der Waals surface area contributed by atoms with E-state index < -0.39 is 0 Å². The van der Waals surface area contributed by atoms with Crippen LogP contribution in [-0.4, -0.2) is 25.0 Å². The summed E-state index contributed by atoms with van der Waals surface area (Å²) in [6.07, 6.45) is 0. The molecule has 1 atom stereocenters. The van der Waals surface area contributed by atoms with Gasteiger partial charge in [-0.1, -0.05) is 25.4 Å². The van der Waals surface area contributed by atoms with Crippen LogP contribution in [0, 0.1) is 5.41 Å². The molecule has 1 unspecified atom stereocenters. The number of hydrogen-bond acceptors (Lipinski definition) is 3. The van der Waals surface area contributed by atoms with E-state index in [2.05, 4.69) is 38.8 Å². The van der Waals surface area contributed by atoms with Crippen LogP contribution in [-0.2, 0) is 0 Å². The van der Waals surface area contributed by atoms with Crippen molar-refractivity contribution in [2.75, 3.05) is 20.1 Å². The second-order valence-electron chi connectivity index (χ2n) is 5.10. The predicted octanol–water partition coefficient (Wildman–Crippen LogP) is 3.38. The van der Waals surface area contributed by atoms with E-state index in [4.69, 9.17) is 17.3 Å². The summed E-state index contributed by atoms with van der Waals surface area (Å²) in [4.78, 5) is 3.63. The highest BCUT2D eigenvalue weighted by Gasteiger charge is 2.22. The van der Waals surface area contributed by atoms with Gasteiger partial charge in [0.2, 0.25) is 0 Å². The largest absolute Gasteiger partial charge is 0.330 e. The number of nitrogens with two attached hydrogens (primary N) is 1. The quantitative estimate of drug-likeness (QED) is 0.880. The molecule has 16 heavy (non-hydrogen) atoms. The molecule has 2 N–H and O–H groups in total. The van der Waals surface area contributed by atoms with Crippen molar-refractivity contribution in [3.8, 4) is 0 Å². The summed E-state index contributed by atoms with van der Waals surface area (Å²) < 4.78 is 0.855. The van der Waals surface area contributed by atoms with E-state index in [-0.39, 0.29) is 5.41 Å². The van der Waals surface area contributed by atoms with Crippen molar-refractivity contribution < 1.29 is 0 Å². The Balaban J connectivity index is 2.64. The van der Waals surface area contributed by atoms with Crippen LogP contribution in [0.5, 0.6) is 0 Å². The SMILES string of the molecule is CC(c1ccc(Cl)s1)N(C)CC(C)(C)CN. The van der Waals surface area contributed by atoms with Gasteiger partial charge in [0.25, 0.3) is 0 Å². The monoisotopic (exact) mass is 260 g/mol. The molecule has 0 saturated carbocycles. The molecule has 0 aliphatic heterocycles. The lowest BCUT2D eigenvalue weighted by molar-refractivity contribution is 0.176. The zero-order valence-corrected chi connectivity index (χ0v) is 12.0. The van der Waals surface area contributed by atoms with Crippen LogP contribution < -0.4 is 5.73 Å². The third-order valence-electron chi connectivity index (χ3n) is 2.90. The summed E-state index contributed by atoms with van der Waals surface area (Å²) in [5, 5.41) is 0. The van der Waals surface area contributed by atoms with Crippen molar-refractivity contribution >= 4 is 22.9 Å². The lowest BCUT2D eigenvalue weighted by atomic mass is 9.93. The van der Waals surface area contributed by atoms with E-state index in [1.54, 1.807) is 11.3 Å². The van der Waals surface area contributed by atoms with E-state index in [1.165, 1.54) is 4.88 Å². The third kappa shape index (κ3) is 3.74. The minimum Gasteiger partial charge on any atom is -0.330 e. The van der Waals surface area contributed by atoms with Gasteiger partial charge in [0.05, 0.1) is 4.34 Å². The smallest absolute Gasteiger partial charge is 0.0931 e. The highest BCUT2D eigenvalue weighted by Crippen LogP contribution is 2.30. The maximum absolute atomic E-state index is 5.95. The Morgan fingerprint density at radius 1 is 1.50 bits per heavy atom. The van der Waals surface area contributed by atoms with Gasteiger partial charge in [-0.05, 0) is 38.1 Å². The van der Waals surface area contributed by atoms with Crippen molar-refractivity contribution in [1.82, 2.24) is 4.90 Å². The Morgan fingerprint density at radius 2 is 2.12 bits per heavy atom. The Morgan fingerprint density at radius 3 is 2.56 bits per heavy atom. The molecule has 0 spiro atoms. The van der Waals surface area contributed by atoms with Crippen LogP contribution in [0.15, 0.2) is 12.1 Å². The molecule has 1 heterocycles. The van der Waals surface area contributed by atoms with Crippen LogP contribution in [0.1, 0.15) is 31.7 Å². The van der Waals surface area contributed by atoms with Gasteiger partial charge in [-0.25, -0.2) is 0 Å². The lowest BCUT2D eigenvalue weighted by Gasteiger charge is -2.32. The van der Waals surface area contributed by atoms with Gasteiger partial charge in [-0.2, -0.15) is 0 Å². The maximum atomic E-state index is 5.95. The van der Waals surface area contributed by atoms with Crippen LogP contribution in [0.25, 0.3) is 0 Å². The number of rotatable bonds is 5. The van der Waals surface area contributed by atoms with Crippen LogP contribution in [0.4, 0.5) is 0 Å². The maximum Gasteiger partial charge on any atom is 0.0931 e. The first-order chi connectivity index (χ1) is 7.35. The van der Waals surface area contributed by atoms with E-state index in [1.807, 2.05) is 6.07 Å². The predicted molar refractivity (Wildman–Crippen MR) is 73.2 cm³/mol. The van der Waals surface area contributed by atoms with Gasteiger partial charge < -0.3 is 5.73 Å². The summed E-state index contributed by atoms with van der Waals surface area (Å²) in [5.74, 6) is 0. The Kier molecular flexibility index (Phi) is 4.80. The fourth-order valence-electron chi connectivity index (χ4n) is 1.65. The summed E-state index contributed by atoms with van der Waals surface area (Å²) >= 11 is 7.60. The molecular formula is C12H21ClN2S. The Hall–Kier alpha value is -0.0900. The van der Waals surface area contributed by atoms with Gasteiger partial charge in [-0.15, -0.1) is 11.3 Å². The first-order valence-electron chi connectivity index (χ1n) is 5.51. The van der Waals surface area contributed by atoms with Crippen LogP contribution in [0.3, 0.4) is 0 Å². The van der Waals surface area contributed by atoms with Crippen LogP contribution in [0.2, 0.25) is 4.34 Å². The van der Waals surface area contributed by atoms with Gasteiger partial charge in [0, 0.05) is 17.5 Å². The fraction of sp³-hybridized carbons (Fsp3) is 0.667. The second kappa shape index (κ2) is 5.50. The molecule has 1 rings (SSSR count). The Labute approximate surface area is 107 Å². The average molecular weight is 261 g/mol. The molecule has 1 aromatic rings. The molecule has 0 fully saturated rings. The zero-order chi connectivity index (χ0) is 12.3. The summed E-state index contributed by atoms with van der Waals surface area (Å²) in [5.41, 5.74) is 5.91. The molecule has 0 aliphatic rings. The summed E-state index contributed by atoms with van der Waals surface area (Å²) in [7, 11) is 2.13. The number of halogens is 1. The fourth-order valence-corrected chi connectivity index (χ4v) is 2.82. The van der Waals surface area contributed by atoms with E-state index in [0.717, 1.165) is 10.9 Å². The molecule has 2 nitrogen and oxygen atoms in total. The molecule has 92 valence electrons. The molecule has 1 aromatic heterocycles. The molecule has 0 saturated heterocycles. The standard InChI is InChI=1S/C12H21ClN2S/c1-9(10-5-6-11(13)16-10)15(4)8-12(2,3)7-14/h5-6,9H,7-8,14H2,1-4H3. The molecule has 0 amide bonds. The molecule has 4 heteroatoms. The minimum atomic E-state index is 0.157. The molecule has 0 aliphatic carbocycles. The molecule has 0 radical (unpaired) electrons. The number of nitrogens with zero attached hydrogens (tertiary/aromatic N) is 1. The van der Waals surface area contributed by atoms with Crippen molar-refractivity contribution in [2.24, 2.45) is 11.1 Å². The normalized spacial score (nSPS) is 14.4. The highest BCUT2D eigenvalue weighted by atomic mass is 35.5. The van der Waals surface area contributed by atoms with Crippen molar-refractivity contribution in [1.29, 1.82) is 0 Å². The molecular weight excluding hydrogens is 240 g/mol. The first kappa shape index (κ1) is 14.0. The first-order valence-corrected chi connectivity index (χ1v) is 6.71. The van der Waals surface area contributed by atoms with Gasteiger partial charge in [-0.3, -0.25) is 4.90 Å². The zero-order valence-electron chi connectivity index (χ0n) is 10.5. The van der Waals surface area contributed by atoms with E-state index in [0.29, 0.717) is 12.6 Å². The van der Waals surface area contributed by atoms with Gasteiger partial charge in [0.15, 0.2) is 0 Å². The summed E-state index contributed by atoms with van der Waals surface area (Å²) in [6.45, 7) is 8.28. The highest BCUT2D eigenvalue weighted by molar-refractivity contribution is 7.16. The number of hydrogen-bond donors (Lipinski definition) is 1. The van der Waals surface area contributed by atoms with Gasteiger partial charge >= 0.3 is 0 Å². The minimum absolute atomic E-state index is 0.157. The van der Waals surface area contributed by atoms with Crippen molar-refractivity contribution in [3.63, 3.8) is 0 Å². The van der Waals surface area contributed by atoms with Gasteiger partial charge in [0.1, 0.15) is 0 Å². The number of thiophene rings is 1. The van der Waals surface area contributed by atoms with Crippen molar-refractivity contribution in [3.05, 3.63) is 21.3 Å². The van der Waals surface area contributed by atoms with Crippen LogP contribution >= 0.6 is 22.9 Å². The third-order valence-corrected chi connectivity index (χ3v) is 4.30. The topological polar surface area (TPSA) is 29.3 Å². The summed E-state index contributed by atoms with van der Waals surface area (Å²) in [6, 6.07) is 4.45. The average Bonchev–Trinajstić information content (AvgIpc) is 2.63. The van der Waals surface area contributed by atoms with E-state index >= 15 is 0 Å². The van der Waals surface area contributed by atoms with E-state index in [9.17, 15) is 0 Å². The second-order valence-corrected chi connectivity index (χ2v) is 6.85. The lowest BCUT2D eigenvalue weighted by Crippen LogP contribution is -2.37.